The number of nitrogens with zero attached hydrogens (tertiary/aromatic N) is 2. The predicted octanol–water partition coefficient (Wildman–Crippen LogP) is 10.0. The van der Waals surface area contributed by atoms with E-state index in [1.807, 2.05) is 52.3 Å². The van der Waals surface area contributed by atoms with Gasteiger partial charge in [-0.25, -0.2) is 0 Å². The van der Waals surface area contributed by atoms with E-state index < -0.39 is 16.6 Å². The summed E-state index contributed by atoms with van der Waals surface area (Å²) in [4.78, 5) is 29.5. The van der Waals surface area contributed by atoms with Crippen LogP contribution in [-0.2, 0) is 18.4 Å². The van der Waals surface area contributed by atoms with Gasteiger partial charge in [0.1, 0.15) is 0 Å². The van der Waals surface area contributed by atoms with Crippen molar-refractivity contribution in [1.29, 1.82) is 0 Å². The molecule has 2 aliphatic heterocycles. The maximum absolute atomic E-state index is 13.1. The molecule has 2 amide bonds. The largest absolute Gasteiger partial charge is 0.416 e. The molecule has 2 aromatic rings. The molecule has 6 nitrogen and oxygen atoms in total. The average Bonchev–Trinajstić information content (AvgIpc) is 3.57. The molecule has 49 heavy (non-hydrogen) atoms. The second-order valence-corrected chi connectivity index (χ2v) is 26.9. The lowest BCUT2D eigenvalue weighted by molar-refractivity contribution is -0.133. The van der Waals surface area contributed by atoms with E-state index in [0.717, 1.165) is 19.5 Å². The van der Waals surface area contributed by atoms with Gasteiger partial charge < -0.3 is 18.7 Å². The van der Waals surface area contributed by atoms with Gasteiger partial charge in [-0.2, -0.15) is 0 Å². The summed E-state index contributed by atoms with van der Waals surface area (Å²) in [5.41, 5.74) is 2.39. The van der Waals surface area contributed by atoms with Crippen LogP contribution in [0.15, 0.2) is 73.3 Å². The van der Waals surface area contributed by atoms with E-state index in [9.17, 15) is 9.59 Å². The zero-order chi connectivity index (χ0) is 36.8. The van der Waals surface area contributed by atoms with Gasteiger partial charge in [0, 0.05) is 50.5 Å². The van der Waals surface area contributed by atoms with E-state index >= 15 is 0 Å². The van der Waals surface area contributed by atoms with Crippen molar-refractivity contribution in [2.75, 3.05) is 26.3 Å². The average molecular weight is 707 g/mol. The van der Waals surface area contributed by atoms with Crippen molar-refractivity contribution in [3.8, 4) is 0 Å². The van der Waals surface area contributed by atoms with E-state index in [2.05, 4.69) is 112 Å². The highest BCUT2D eigenvalue weighted by Gasteiger charge is 2.44. The van der Waals surface area contributed by atoms with E-state index in [1.165, 1.54) is 11.1 Å². The van der Waals surface area contributed by atoms with Crippen molar-refractivity contribution >= 4 is 28.4 Å². The molecule has 0 radical (unpaired) electrons. The molecule has 2 saturated heterocycles. The number of amides is 2. The maximum Gasteiger partial charge on any atom is 0.226 e. The molecule has 0 saturated carbocycles. The highest BCUT2D eigenvalue weighted by Crippen LogP contribution is 2.40. The third-order valence-electron chi connectivity index (χ3n) is 11.7. The third-order valence-corrected chi connectivity index (χ3v) is 20.7. The van der Waals surface area contributed by atoms with Crippen LogP contribution in [0.2, 0.25) is 36.3 Å². The minimum atomic E-state index is -1.82. The Morgan fingerprint density at radius 3 is 1.65 bits per heavy atom. The number of likely N-dealkylation sites (tertiary alicyclic amines) is 2. The summed E-state index contributed by atoms with van der Waals surface area (Å²) >= 11 is 0. The highest BCUT2D eigenvalue weighted by molar-refractivity contribution is 6.74. The Labute approximate surface area is 300 Å². The van der Waals surface area contributed by atoms with Gasteiger partial charge in [0.2, 0.25) is 11.8 Å². The second kappa shape index (κ2) is 16.7. The van der Waals surface area contributed by atoms with Crippen LogP contribution in [0.4, 0.5) is 0 Å². The van der Waals surface area contributed by atoms with E-state index in [1.54, 1.807) is 0 Å². The van der Waals surface area contributed by atoms with Crippen molar-refractivity contribution in [1.82, 2.24) is 9.80 Å². The van der Waals surface area contributed by atoms with E-state index in [0.29, 0.717) is 25.6 Å². The SMILES string of the molecule is C=CC[C@@H]1C(=O)N([C@H](C)c2ccccc2)C[C@H]1CO[Si](C)(C)C(C)(C)C.C[C@H](c1ccccc1)N1C[C@@H](CO[Si](C)(C)C(C)(C)C)CC1=O. The van der Waals surface area contributed by atoms with Gasteiger partial charge in [-0.3, -0.25) is 9.59 Å². The lowest BCUT2D eigenvalue weighted by atomic mass is 9.93. The number of hydrogen-bond acceptors (Lipinski definition) is 4. The molecule has 0 aromatic heterocycles. The molecule has 8 heteroatoms. The van der Waals surface area contributed by atoms with Gasteiger partial charge in [-0.15, -0.1) is 6.58 Å². The number of carbonyl (C=O) groups excluding carboxylic acids is 2. The van der Waals surface area contributed by atoms with Gasteiger partial charge in [-0.05, 0) is 67.7 Å². The molecule has 2 aromatic carbocycles. The van der Waals surface area contributed by atoms with Crippen molar-refractivity contribution in [2.24, 2.45) is 17.8 Å². The van der Waals surface area contributed by atoms with Crippen molar-refractivity contribution in [3.05, 3.63) is 84.4 Å². The monoisotopic (exact) mass is 706 g/mol. The molecular formula is C41H66N2O4Si2. The molecule has 0 spiro atoms. The fourth-order valence-corrected chi connectivity index (χ4v) is 8.22. The van der Waals surface area contributed by atoms with Crippen molar-refractivity contribution in [2.45, 2.75) is 117 Å². The van der Waals surface area contributed by atoms with Gasteiger partial charge >= 0.3 is 0 Å². The number of rotatable bonds is 12. The maximum atomic E-state index is 13.1. The molecule has 0 aliphatic carbocycles. The summed E-state index contributed by atoms with van der Waals surface area (Å²) in [6.45, 7) is 33.7. The number of allylic oxidation sites excluding steroid dienone is 1. The van der Waals surface area contributed by atoms with Crippen LogP contribution in [0.1, 0.15) is 91.4 Å². The minimum absolute atomic E-state index is 0.0107. The normalized spacial score (nSPS) is 21.8. The summed E-state index contributed by atoms with van der Waals surface area (Å²) in [5, 5.41) is 0.396. The zero-order valence-electron chi connectivity index (χ0n) is 32.7. The lowest BCUT2D eigenvalue weighted by Crippen LogP contribution is -2.42. The number of carbonyl (C=O) groups is 2. The number of benzene rings is 2. The molecule has 4 rings (SSSR count). The van der Waals surface area contributed by atoms with Crippen LogP contribution in [0.3, 0.4) is 0 Å². The molecule has 0 N–H and O–H groups in total. The summed E-state index contributed by atoms with van der Waals surface area (Å²) in [5.74, 6) is 1.04. The molecule has 2 fully saturated rings. The third kappa shape index (κ3) is 10.5. The fourth-order valence-electron chi connectivity index (χ4n) is 6.07. The molecule has 0 bridgehead atoms. The lowest BCUT2D eigenvalue weighted by Gasteiger charge is -2.37. The first-order valence-corrected chi connectivity index (χ1v) is 24.1. The van der Waals surface area contributed by atoms with Gasteiger partial charge in [-0.1, -0.05) is 108 Å². The summed E-state index contributed by atoms with van der Waals surface area (Å²) in [7, 11) is -3.55. The summed E-state index contributed by atoms with van der Waals surface area (Å²) in [6, 6.07) is 20.8. The van der Waals surface area contributed by atoms with Crippen molar-refractivity contribution in [3.63, 3.8) is 0 Å². The van der Waals surface area contributed by atoms with Crippen LogP contribution < -0.4 is 0 Å². The zero-order valence-corrected chi connectivity index (χ0v) is 34.7. The molecular weight excluding hydrogens is 641 g/mol. The first-order chi connectivity index (χ1) is 22.7. The van der Waals surface area contributed by atoms with Gasteiger partial charge in [0.25, 0.3) is 0 Å². The standard InChI is InChI=1S/C22H35NO2Si.C19H31NO2Si/c1-8-12-20-19(16-25-26(6,7)22(3,4)5)15-23(21(20)24)17(2)18-13-10-9-11-14-18;1-15(17-10-8-7-9-11-17)20-13-16(12-18(20)21)14-22-23(5,6)19(2,3)4/h8-11,13-14,17,19-20H,1,12,15-16H2,2-7H3;7-11,15-16H,12-14H2,1-6H3/t17-,19+,20+;15-,16+/m11/s1. The van der Waals surface area contributed by atoms with E-state index in [-0.39, 0.29) is 45.8 Å². The van der Waals surface area contributed by atoms with Crippen LogP contribution >= 0.6 is 0 Å². The van der Waals surface area contributed by atoms with Crippen LogP contribution in [0.25, 0.3) is 0 Å². The van der Waals surface area contributed by atoms with Crippen LogP contribution in [-0.4, -0.2) is 64.6 Å². The smallest absolute Gasteiger partial charge is 0.226 e. The topological polar surface area (TPSA) is 59.1 Å². The summed E-state index contributed by atoms with van der Waals surface area (Å²) < 4.78 is 12.8. The Kier molecular flexibility index (Phi) is 13.9. The molecule has 5 atom stereocenters. The Morgan fingerprint density at radius 1 is 0.755 bits per heavy atom. The minimum Gasteiger partial charge on any atom is -0.416 e. The van der Waals surface area contributed by atoms with Crippen molar-refractivity contribution < 1.29 is 18.4 Å². The molecule has 2 aliphatic rings. The molecule has 0 unspecified atom stereocenters. The second-order valence-electron chi connectivity index (χ2n) is 17.3. The quantitative estimate of drug-likeness (QED) is 0.163. The molecule has 2 heterocycles. The van der Waals surface area contributed by atoms with E-state index in [4.69, 9.17) is 8.85 Å². The Morgan fingerprint density at radius 2 is 1.20 bits per heavy atom. The van der Waals surface area contributed by atoms with Gasteiger partial charge in [0.15, 0.2) is 16.6 Å². The first-order valence-electron chi connectivity index (χ1n) is 18.3. The first kappa shape index (κ1) is 40.9. The van der Waals surface area contributed by atoms with Gasteiger partial charge in [0.05, 0.1) is 12.1 Å². The Bertz CT molecular complexity index is 1370. The highest BCUT2D eigenvalue weighted by atomic mass is 28.4. The fraction of sp³-hybridized carbons (Fsp3) is 0.610. The predicted molar refractivity (Wildman–Crippen MR) is 209 cm³/mol. The summed E-state index contributed by atoms with van der Waals surface area (Å²) in [6.07, 6.45) is 3.22. The number of hydrogen-bond donors (Lipinski definition) is 0. The van der Waals surface area contributed by atoms with Crippen LogP contribution in [0, 0.1) is 17.8 Å². The Hall–Kier alpha value is -2.53. The van der Waals surface area contributed by atoms with Crippen LogP contribution in [0.5, 0.6) is 0 Å². The Balaban J connectivity index is 0.000000267. The molecule has 272 valence electrons.